The number of hydrogen-bond acceptors (Lipinski definition) is 10. The molecule has 2 aliphatic rings. The van der Waals surface area contributed by atoms with Gasteiger partial charge in [0.05, 0.1) is 50.2 Å². The summed E-state index contributed by atoms with van der Waals surface area (Å²) in [6.07, 6.45) is -3.87. The number of rotatable bonds is 12. The second-order valence-corrected chi connectivity index (χ2v) is 10.1. The van der Waals surface area contributed by atoms with Gasteiger partial charge in [0.15, 0.2) is 11.5 Å². The van der Waals surface area contributed by atoms with Gasteiger partial charge in [0.1, 0.15) is 0 Å². The zero-order valence-corrected chi connectivity index (χ0v) is 18.9. The molecule has 0 spiro atoms. The highest BCUT2D eigenvalue weighted by molar-refractivity contribution is 7.52. The van der Waals surface area contributed by atoms with Crippen LogP contribution < -0.4 is 20.1 Å². The molecule has 0 aliphatic carbocycles. The minimum atomic E-state index is -4.10. The van der Waals surface area contributed by atoms with E-state index in [2.05, 4.69) is 10.6 Å². The van der Waals surface area contributed by atoms with Gasteiger partial charge < -0.3 is 50.0 Å². The minimum absolute atomic E-state index is 0.0968. The van der Waals surface area contributed by atoms with E-state index in [4.69, 9.17) is 19.1 Å². The van der Waals surface area contributed by atoms with E-state index >= 15 is 0 Å². The number of hydrogen-bond donors (Lipinski definition) is 7. The van der Waals surface area contributed by atoms with Crippen LogP contribution in [0, 0.1) is 0 Å². The highest BCUT2D eigenvalue weighted by Crippen LogP contribution is 2.43. The van der Waals surface area contributed by atoms with E-state index in [1.54, 1.807) is 18.2 Å². The first-order valence-electron chi connectivity index (χ1n) is 10.7. The van der Waals surface area contributed by atoms with Gasteiger partial charge in [0, 0.05) is 12.6 Å². The molecule has 33 heavy (non-hydrogen) atoms. The van der Waals surface area contributed by atoms with Crippen LogP contribution in [0.25, 0.3) is 0 Å². The molecule has 0 bridgehead atoms. The molecule has 3 rings (SSSR count). The highest BCUT2D eigenvalue weighted by Gasteiger charge is 2.41. The van der Waals surface area contributed by atoms with Crippen molar-refractivity contribution in [3.05, 3.63) is 23.8 Å². The Bertz CT molecular complexity index is 856. The number of ether oxygens (including phenoxy) is 2. The molecule has 186 valence electrons. The summed E-state index contributed by atoms with van der Waals surface area (Å²) in [5.41, 5.74) is 0.765. The molecular formula is C20H31N2O10P. The Labute approximate surface area is 191 Å². The lowest BCUT2D eigenvalue weighted by Gasteiger charge is -2.21. The van der Waals surface area contributed by atoms with Gasteiger partial charge in [-0.15, -0.1) is 0 Å². The van der Waals surface area contributed by atoms with Gasteiger partial charge in [-0.3, -0.25) is 9.36 Å². The van der Waals surface area contributed by atoms with Crippen molar-refractivity contribution in [2.24, 2.45) is 0 Å². The summed E-state index contributed by atoms with van der Waals surface area (Å²) in [6, 6.07) is 3.79. The van der Waals surface area contributed by atoms with E-state index < -0.39 is 44.2 Å². The maximum Gasteiger partial charge on any atom is 0.330 e. The topological polar surface area (TPSA) is 187 Å². The molecule has 1 aromatic rings. The Balaban J connectivity index is 1.31. The molecule has 2 heterocycles. The number of benzene rings is 1. The predicted molar refractivity (Wildman–Crippen MR) is 115 cm³/mol. The number of aliphatic hydroxyl groups excluding tert-OH is 4. The molecular weight excluding hydrogens is 459 g/mol. The van der Waals surface area contributed by atoms with Gasteiger partial charge in [-0.25, -0.2) is 0 Å². The first-order valence-corrected chi connectivity index (χ1v) is 12.5. The van der Waals surface area contributed by atoms with Crippen LogP contribution in [0.2, 0.25) is 0 Å². The number of nitrogens with one attached hydrogen (secondary N) is 2. The highest BCUT2D eigenvalue weighted by atomic mass is 31.2. The summed E-state index contributed by atoms with van der Waals surface area (Å²) < 4.78 is 27.7. The number of aliphatic hydroxyl groups is 4. The number of fused-ring (bicyclic) bond motifs is 1. The van der Waals surface area contributed by atoms with Crippen molar-refractivity contribution in [3.8, 4) is 11.5 Å². The van der Waals surface area contributed by atoms with E-state index in [1.165, 1.54) is 0 Å². The lowest BCUT2D eigenvalue weighted by Crippen LogP contribution is -2.38. The third kappa shape index (κ3) is 7.36. The van der Waals surface area contributed by atoms with Crippen molar-refractivity contribution in [1.29, 1.82) is 0 Å². The molecule has 1 aromatic carbocycles. The third-order valence-electron chi connectivity index (χ3n) is 5.50. The van der Waals surface area contributed by atoms with Crippen molar-refractivity contribution >= 4 is 13.5 Å². The Kier molecular flexibility index (Phi) is 9.08. The Hall–Kier alpha value is -1.76. The maximum atomic E-state index is 12.2. The van der Waals surface area contributed by atoms with E-state index in [-0.39, 0.29) is 45.3 Å². The summed E-state index contributed by atoms with van der Waals surface area (Å²) in [5, 5.41) is 44.4. The number of carbonyl (C=O) groups excluding carboxylic acids is 1. The Morgan fingerprint density at radius 3 is 2.70 bits per heavy atom. The van der Waals surface area contributed by atoms with Crippen molar-refractivity contribution in [1.82, 2.24) is 10.6 Å². The van der Waals surface area contributed by atoms with Gasteiger partial charge >= 0.3 is 7.60 Å². The zero-order valence-electron chi connectivity index (χ0n) is 18.0. The van der Waals surface area contributed by atoms with Crippen molar-refractivity contribution in [2.75, 3.05) is 32.7 Å². The Morgan fingerprint density at radius 1 is 1.24 bits per heavy atom. The fraction of sp³-hybridized carbons (Fsp3) is 0.650. The van der Waals surface area contributed by atoms with Crippen LogP contribution in [0.15, 0.2) is 18.2 Å². The van der Waals surface area contributed by atoms with Gasteiger partial charge in [-0.2, -0.15) is 0 Å². The van der Waals surface area contributed by atoms with Crippen LogP contribution in [-0.4, -0.2) is 94.3 Å². The molecule has 2 aliphatic heterocycles. The predicted octanol–water partition coefficient (Wildman–Crippen LogP) is -1.53. The third-order valence-corrected chi connectivity index (χ3v) is 6.97. The van der Waals surface area contributed by atoms with Gasteiger partial charge in [0.2, 0.25) is 12.7 Å². The van der Waals surface area contributed by atoms with E-state index in [0.29, 0.717) is 17.9 Å². The summed E-state index contributed by atoms with van der Waals surface area (Å²) >= 11 is 0. The molecule has 1 fully saturated rings. The van der Waals surface area contributed by atoms with Gasteiger partial charge in [-0.05, 0) is 30.5 Å². The maximum absolute atomic E-state index is 12.2. The first kappa shape index (κ1) is 25.9. The lowest BCUT2D eigenvalue weighted by atomic mass is 10.0. The molecule has 13 heteroatoms. The smallest absolute Gasteiger partial charge is 0.330 e. The molecule has 1 unspecified atom stereocenters. The molecule has 7 N–H and O–H groups in total. The largest absolute Gasteiger partial charge is 0.454 e. The minimum Gasteiger partial charge on any atom is -0.454 e. The standard InChI is InChI=1S/C20H31N2O10P/c23-9-15-20(27)19(26)14(22-15)8-13(24)10-33(28,29)32-5-1-4-21-18(25)7-12-2-3-16-17(6-12)31-11-30-16/h2-3,6,13-15,19-20,22-24,26-27H,1,4-5,7-11H2,(H,21,25)(H,28,29)/t13-,14-,15-,19-,20-/m1/s1. The van der Waals surface area contributed by atoms with Crippen molar-refractivity contribution < 1.29 is 48.7 Å². The fourth-order valence-corrected chi connectivity index (χ4v) is 5.01. The first-order chi connectivity index (χ1) is 15.7. The van der Waals surface area contributed by atoms with Crippen molar-refractivity contribution in [2.45, 2.75) is 49.7 Å². The second kappa shape index (κ2) is 11.6. The van der Waals surface area contributed by atoms with E-state index in [9.17, 15) is 29.6 Å². The van der Waals surface area contributed by atoms with Crippen LogP contribution in [-0.2, 0) is 20.3 Å². The van der Waals surface area contributed by atoms with E-state index in [1.807, 2.05) is 0 Å². The molecule has 1 saturated heterocycles. The van der Waals surface area contributed by atoms with Gasteiger partial charge in [0.25, 0.3) is 0 Å². The molecule has 0 aromatic heterocycles. The number of amides is 1. The monoisotopic (exact) mass is 490 g/mol. The summed E-state index contributed by atoms with van der Waals surface area (Å²) in [4.78, 5) is 22.0. The van der Waals surface area contributed by atoms with Crippen LogP contribution >= 0.6 is 7.60 Å². The van der Waals surface area contributed by atoms with Gasteiger partial charge in [-0.1, -0.05) is 6.07 Å². The van der Waals surface area contributed by atoms with Crippen LogP contribution in [0.3, 0.4) is 0 Å². The zero-order chi connectivity index (χ0) is 24.0. The number of carbonyl (C=O) groups is 1. The summed E-state index contributed by atoms with van der Waals surface area (Å²) in [6.45, 7) is -0.0892. The quantitative estimate of drug-likeness (QED) is 0.133. The average molecular weight is 490 g/mol. The molecule has 0 radical (unpaired) electrons. The fourth-order valence-electron chi connectivity index (χ4n) is 3.81. The lowest BCUT2D eigenvalue weighted by molar-refractivity contribution is -0.120. The van der Waals surface area contributed by atoms with Crippen LogP contribution in [0.5, 0.6) is 11.5 Å². The normalized spacial score (nSPS) is 26.7. The van der Waals surface area contributed by atoms with Crippen LogP contribution in [0.1, 0.15) is 18.4 Å². The Morgan fingerprint density at radius 2 is 1.97 bits per heavy atom. The molecule has 12 nitrogen and oxygen atoms in total. The average Bonchev–Trinajstić information content (AvgIpc) is 3.32. The van der Waals surface area contributed by atoms with E-state index in [0.717, 1.165) is 5.56 Å². The summed E-state index contributed by atoms with van der Waals surface area (Å²) in [5.74, 6) is 1.01. The van der Waals surface area contributed by atoms with Crippen molar-refractivity contribution in [3.63, 3.8) is 0 Å². The molecule has 0 saturated carbocycles. The SMILES string of the molecule is O=C(Cc1ccc2c(c1)OCO2)NCCCOP(=O)(O)C[C@H](O)C[C@H]1N[C@H](CO)[C@@H](O)[C@@H]1O. The van der Waals surface area contributed by atoms with Crippen LogP contribution in [0.4, 0.5) is 0 Å². The molecule has 6 atom stereocenters. The second-order valence-electron chi connectivity index (χ2n) is 8.15. The molecule has 1 amide bonds. The summed E-state index contributed by atoms with van der Waals surface area (Å²) in [7, 11) is -4.10.